The van der Waals surface area contributed by atoms with Crippen LogP contribution in [0.2, 0.25) is 0 Å². The predicted molar refractivity (Wildman–Crippen MR) is 149 cm³/mol. The summed E-state index contributed by atoms with van der Waals surface area (Å²) in [5.41, 5.74) is 6.59. The molecule has 0 saturated carbocycles. The lowest BCUT2D eigenvalue weighted by molar-refractivity contribution is 0.590. The first kappa shape index (κ1) is 20.6. The Morgan fingerprint density at radius 1 is 0.784 bits per heavy atom. The molecule has 8 aromatic rings. The number of fused-ring (bicyclic) bond motifs is 7. The standard InChI is InChI=1S/C31H18FN3OS/c1-17-13-14-21(29-27(17)20-15-16-26(32)34-31(20)37-29)30-33-22-9-3-4-10-23(22)35(30)24-11-6-8-19-18-7-2-5-12-25(18)36-28(19)24/h2-16H,1H3. The van der Waals surface area contributed by atoms with Gasteiger partial charge in [-0.2, -0.15) is 4.39 Å². The van der Waals surface area contributed by atoms with E-state index in [9.17, 15) is 4.39 Å². The van der Waals surface area contributed by atoms with Crippen molar-refractivity contribution in [1.29, 1.82) is 0 Å². The van der Waals surface area contributed by atoms with Crippen molar-refractivity contribution in [2.24, 2.45) is 0 Å². The van der Waals surface area contributed by atoms with E-state index in [1.807, 2.05) is 42.5 Å². The van der Waals surface area contributed by atoms with Crippen molar-refractivity contribution < 1.29 is 8.81 Å². The number of benzene rings is 4. The smallest absolute Gasteiger partial charge is 0.214 e. The van der Waals surface area contributed by atoms with Crippen LogP contribution < -0.4 is 0 Å². The van der Waals surface area contributed by atoms with Gasteiger partial charge in [0.1, 0.15) is 16.2 Å². The third-order valence-electron chi connectivity index (χ3n) is 7.09. The second kappa shape index (κ2) is 7.48. The highest BCUT2D eigenvalue weighted by Crippen LogP contribution is 2.43. The first-order chi connectivity index (χ1) is 18.2. The molecule has 176 valence electrons. The lowest BCUT2D eigenvalue weighted by atomic mass is 10.0. The number of rotatable bonds is 2. The molecule has 0 unspecified atom stereocenters. The Balaban J connectivity index is 1.51. The van der Waals surface area contributed by atoms with E-state index in [4.69, 9.17) is 9.40 Å². The third kappa shape index (κ3) is 2.87. The molecule has 0 spiro atoms. The minimum atomic E-state index is -0.470. The fourth-order valence-electron chi connectivity index (χ4n) is 5.44. The van der Waals surface area contributed by atoms with Gasteiger partial charge in [0, 0.05) is 31.8 Å². The Hall–Kier alpha value is -4.55. The van der Waals surface area contributed by atoms with Gasteiger partial charge in [0.2, 0.25) is 5.95 Å². The predicted octanol–water partition coefficient (Wildman–Crippen LogP) is 8.80. The molecule has 4 aromatic heterocycles. The van der Waals surface area contributed by atoms with Crippen LogP contribution in [-0.2, 0) is 0 Å². The summed E-state index contributed by atoms with van der Waals surface area (Å²) < 4.78 is 23.7. The maximum Gasteiger partial charge on any atom is 0.214 e. The highest BCUT2D eigenvalue weighted by atomic mass is 32.1. The van der Waals surface area contributed by atoms with Crippen LogP contribution in [0.3, 0.4) is 0 Å². The summed E-state index contributed by atoms with van der Waals surface area (Å²) in [6, 6.07) is 30.0. The van der Waals surface area contributed by atoms with Crippen LogP contribution >= 0.6 is 11.3 Å². The van der Waals surface area contributed by atoms with Gasteiger partial charge < -0.3 is 4.42 Å². The molecule has 0 bridgehead atoms. The minimum Gasteiger partial charge on any atom is -0.454 e. The van der Waals surface area contributed by atoms with E-state index in [0.717, 1.165) is 71.1 Å². The van der Waals surface area contributed by atoms with Gasteiger partial charge >= 0.3 is 0 Å². The number of aryl methyl sites for hydroxylation is 1. The zero-order chi connectivity index (χ0) is 24.7. The van der Waals surface area contributed by atoms with E-state index in [-0.39, 0.29) is 0 Å². The zero-order valence-corrected chi connectivity index (χ0v) is 20.5. The van der Waals surface area contributed by atoms with Crippen molar-refractivity contribution in [2.75, 3.05) is 0 Å². The maximum atomic E-state index is 14.0. The number of imidazole rings is 1. The molecule has 4 aromatic carbocycles. The van der Waals surface area contributed by atoms with E-state index in [1.165, 1.54) is 17.4 Å². The van der Waals surface area contributed by atoms with Crippen LogP contribution in [0.4, 0.5) is 4.39 Å². The number of hydrogen-bond acceptors (Lipinski definition) is 4. The molecule has 4 heterocycles. The Morgan fingerprint density at radius 2 is 1.62 bits per heavy atom. The van der Waals surface area contributed by atoms with Gasteiger partial charge in [0.15, 0.2) is 5.58 Å². The van der Waals surface area contributed by atoms with E-state index in [2.05, 4.69) is 58.9 Å². The highest BCUT2D eigenvalue weighted by Gasteiger charge is 2.22. The van der Waals surface area contributed by atoms with E-state index < -0.39 is 5.95 Å². The molecule has 0 radical (unpaired) electrons. The number of halogens is 1. The van der Waals surface area contributed by atoms with Crippen molar-refractivity contribution in [3.8, 4) is 17.1 Å². The molecular weight excluding hydrogens is 481 g/mol. The molecule has 0 N–H and O–H groups in total. The number of aromatic nitrogens is 3. The Kier molecular flexibility index (Phi) is 4.17. The molecule has 0 atom stereocenters. The molecule has 8 rings (SSSR count). The maximum absolute atomic E-state index is 14.0. The second-order valence-electron chi connectivity index (χ2n) is 9.23. The van der Waals surface area contributed by atoms with Crippen LogP contribution in [0, 0.1) is 12.9 Å². The first-order valence-corrected chi connectivity index (χ1v) is 12.9. The molecule has 37 heavy (non-hydrogen) atoms. The summed E-state index contributed by atoms with van der Waals surface area (Å²) in [5, 5.41) is 4.20. The lowest BCUT2D eigenvalue weighted by Gasteiger charge is -2.11. The normalized spacial score (nSPS) is 12.1. The topological polar surface area (TPSA) is 43.9 Å². The van der Waals surface area contributed by atoms with Gasteiger partial charge in [0.25, 0.3) is 0 Å². The number of furan rings is 1. The summed E-state index contributed by atoms with van der Waals surface area (Å²) in [6.07, 6.45) is 0. The van der Waals surface area contributed by atoms with E-state index in [0.29, 0.717) is 4.83 Å². The molecule has 6 heteroatoms. The molecule has 0 amide bonds. The van der Waals surface area contributed by atoms with Crippen molar-refractivity contribution in [2.45, 2.75) is 6.92 Å². The molecule has 0 aliphatic rings. The average Bonchev–Trinajstić information content (AvgIpc) is 3.60. The monoisotopic (exact) mass is 499 g/mol. The number of nitrogens with zero attached hydrogens (tertiary/aromatic N) is 3. The molecule has 0 aliphatic heterocycles. The number of para-hydroxylation sites is 4. The first-order valence-electron chi connectivity index (χ1n) is 12.0. The Labute approximate surface area is 214 Å². The number of thiophene rings is 1. The summed E-state index contributed by atoms with van der Waals surface area (Å²) >= 11 is 1.50. The number of pyridine rings is 1. The summed E-state index contributed by atoms with van der Waals surface area (Å²) in [7, 11) is 0. The van der Waals surface area contributed by atoms with Crippen molar-refractivity contribution >= 4 is 64.6 Å². The minimum absolute atomic E-state index is 0.470. The van der Waals surface area contributed by atoms with Crippen molar-refractivity contribution in [3.63, 3.8) is 0 Å². The molecule has 0 saturated heterocycles. The molecular formula is C31H18FN3OS. The quantitative estimate of drug-likeness (QED) is 0.223. The van der Waals surface area contributed by atoms with Gasteiger partial charge in [-0.1, -0.05) is 48.5 Å². The average molecular weight is 500 g/mol. The zero-order valence-electron chi connectivity index (χ0n) is 19.7. The molecule has 4 nitrogen and oxygen atoms in total. The summed E-state index contributed by atoms with van der Waals surface area (Å²) in [5.74, 6) is 0.341. The van der Waals surface area contributed by atoms with Gasteiger partial charge in [0.05, 0.1) is 16.7 Å². The van der Waals surface area contributed by atoms with Gasteiger partial charge in [-0.3, -0.25) is 4.57 Å². The van der Waals surface area contributed by atoms with Crippen LogP contribution in [-0.4, -0.2) is 14.5 Å². The molecule has 0 aliphatic carbocycles. The highest BCUT2D eigenvalue weighted by molar-refractivity contribution is 7.26. The summed E-state index contributed by atoms with van der Waals surface area (Å²) in [4.78, 5) is 10.00. The second-order valence-corrected chi connectivity index (χ2v) is 10.2. The largest absolute Gasteiger partial charge is 0.454 e. The van der Waals surface area contributed by atoms with E-state index >= 15 is 0 Å². The van der Waals surface area contributed by atoms with Gasteiger partial charge in [-0.25, -0.2) is 9.97 Å². The van der Waals surface area contributed by atoms with Crippen LogP contribution in [0.15, 0.2) is 95.4 Å². The van der Waals surface area contributed by atoms with Crippen molar-refractivity contribution in [3.05, 3.63) is 103 Å². The fraction of sp³-hybridized carbons (Fsp3) is 0.0323. The van der Waals surface area contributed by atoms with Gasteiger partial charge in [-0.15, -0.1) is 11.3 Å². The SMILES string of the molecule is Cc1ccc(-c2nc3ccccc3n2-c2cccc3c2oc2ccccc23)c2sc3nc(F)ccc3c12. The Morgan fingerprint density at radius 3 is 2.57 bits per heavy atom. The van der Waals surface area contributed by atoms with E-state index in [1.54, 1.807) is 0 Å². The fourth-order valence-corrected chi connectivity index (χ4v) is 6.69. The lowest BCUT2D eigenvalue weighted by Crippen LogP contribution is -1.98. The van der Waals surface area contributed by atoms with Crippen LogP contribution in [0.1, 0.15) is 5.56 Å². The van der Waals surface area contributed by atoms with Crippen molar-refractivity contribution in [1.82, 2.24) is 14.5 Å². The third-order valence-corrected chi connectivity index (χ3v) is 8.22. The van der Waals surface area contributed by atoms with Gasteiger partial charge in [-0.05, 0) is 55.0 Å². The Bertz CT molecular complexity index is 2190. The van der Waals surface area contributed by atoms with Crippen LogP contribution in [0.5, 0.6) is 0 Å². The van der Waals surface area contributed by atoms with Crippen LogP contribution in [0.25, 0.3) is 70.3 Å². The molecule has 0 fully saturated rings. The number of hydrogen-bond donors (Lipinski definition) is 0. The summed E-state index contributed by atoms with van der Waals surface area (Å²) in [6.45, 7) is 2.08.